The van der Waals surface area contributed by atoms with Crippen LogP contribution in [0.15, 0.2) is 52.9 Å². The zero-order valence-electron chi connectivity index (χ0n) is 19.3. The molecule has 1 saturated heterocycles. The Morgan fingerprint density at radius 3 is 2.54 bits per heavy atom. The number of hydrogen-bond acceptors (Lipinski definition) is 7. The van der Waals surface area contributed by atoms with Crippen molar-refractivity contribution in [3.8, 4) is 17.2 Å². The molecule has 4 rings (SSSR count). The van der Waals surface area contributed by atoms with Crippen LogP contribution in [0, 0.1) is 6.92 Å². The van der Waals surface area contributed by atoms with Gasteiger partial charge in [-0.15, -0.1) is 11.8 Å². The molecule has 2 aromatic carbocycles. The Kier molecular flexibility index (Phi) is 7.71. The largest absolute Gasteiger partial charge is 0.487 e. The summed E-state index contributed by atoms with van der Waals surface area (Å²) in [6.07, 6.45) is -3.59. The van der Waals surface area contributed by atoms with Crippen LogP contribution in [0.25, 0.3) is 11.5 Å². The number of halogens is 3. The minimum Gasteiger partial charge on any atom is -0.487 e. The number of rotatable bonds is 8. The SMILES string of the molecule is COC(=O)C1CSCN1CCc1ccc(OCc2nc(-c3ccc(C(F)(F)F)cc3)oc2C)cc1. The highest BCUT2D eigenvalue weighted by atomic mass is 32.2. The van der Waals surface area contributed by atoms with Crippen molar-refractivity contribution in [2.75, 3.05) is 25.3 Å². The van der Waals surface area contributed by atoms with Gasteiger partial charge in [0.2, 0.25) is 5.89 Å². The molecular weight excluding hydrogens is 481 g/mol. The van der Waals surface area contributed by atoms with Gasteiger partial charge in [0.1, 0.15) is 29.9 Å². The fraction of sp³-hybridized carbons (Fsp3) is 0.360. The number of ether oxygens (including phenoxy) is 2. The first kappa shape index (κ1) is 25.1. The van der Waals surface area contributed by atoms with Crippen LogP contribution >= 0.6 is 11.8 Å². The van der Waals surface area contributed by atoms with Gasteiger partial charge in [0.25, 0.3) is 0 Å². The van der Waals surface area contributed by atoms with Gasteiger partial charge in [-0.1, -0.05) is 12.1 Å². The highest BCUT2D eigenvalue weighted by molar-refractivity contribution is 7.99. The maximum absolute atomic E-state index is 12.8. The van der Waals surface area contributed by atoms with Crippen LogP contribution in [0.1, 0.15) is 22.6 Å². The van der Waals surface area contributed by atoms with E-state index in [0.29, 0.717) is 22.8 Å². The number of benzene rings is 2. The van der Waals surface area contributed by atoms with E-state index in [1.54, 1.807) is 18.7 Å². The van der Waals surface area contributed by atoms with Crippen LogP contribution < -0.4 is 4.74 Å². The molecule has 2 heterocycles. The molecule has 186 valence electrons. The number of alkyl halides is 3. The molecule has 0 bridgehead atoms. The van der Waals surface area contributed by atoms with E-state index >= 15 is 0 Å². The maximum atomic E-state index is 12.8. The average molecular weight is 507 g/mol. The van der Waals surface area contributed by atoms with Crippen molar-refractivity contribution in [1.82, 2.24) is 9.88 Å². The Morgan fingerprint density at radius 1 is 1.17 bits per heavy atom. The van der Waals surface area contributed by atoms with Gasteiger partial charge < -0.3 is 13.9 Å². The fourth-order valence-electron chi connectivity index (χ4n) is 3.71. The standard InChI is InChI=1S/C25H25F3N2O4S/c1-16-21(29-23(34-16)18-5-7-19(8-6-18)25(26,27)28)13-33-20-9-3-17(4-10-20)11-12-30-15-35-14-22(30)24(31)32-2/h3-10,22H,11-15H2,1-2H3. The molecule has 3 aromatic rings. The zero-order chi connectivity index (χ0) is 25.0. The van der Waals surface area contributed by atoms with E-state index in [1.165, 1.54) is 19.2 Å². The predicted octanol–water partition coefficient (Wildman–Crippen LogP) is 5.34. The van der Waals surface area contributed by atoms with E-state index in [1.807, 2.05) is 24.3 Å². The molecule has 35 heavy (non-hydrogen) atoms. The molecular formula is C25H25F3N2O4S. The molecule has 1 atom stereocenters. The highest BCUT2D eigenvalue weighted by Crippen LogP contribution is 2.31. The molecule has 1 aliphatic rings. The molecule has 1 fully saturated rings. The monoisotopic (exact) mass is 506 g/mol. The topological polar surface area (TPSA) is 64.8 Å². The second-order valence-electron chi connectivity index (χ2n) is 8.13. The van der Waals surface area contributed by atoms with Gasteiger partial charge in [0.15, 0.2) is 0 Å². The van der Waals surface area contributed by atoms with Gasteiger partial charge >= 0.3 is 12.1 Å². The minimum atomic E-state index is -4.39. The molecule has 1 aromatic heterocycles. The van der Waals surface area contributed by atoms with Crippen LogP contribution in [-0.2, 0) is 28.7 Å². The third-order valence-corrected chi connectivity index (χ3v) is 6.85. The molecule has 0 saturated carbocycles. The summed E-state index contributed by atoms with van der Waals surface area (Å²) in [6, 6.07) is 12.2. The average Bonchev–Trinajstić information content (AvgIpc) is 3.47. The van der Waals surface area contributed by atoms with Gasteiger partial charge in [-0.2, -0.15) is 13.2 Å². The van der Waals surface area contributed by atoms with Gasteiger partial charge in [-0.05, 0) is 55.3 Å². The number of aromatic nitrogens is 1. The number of carbonyl (C=O) groups excluding carboxylic acids is 1. The van der Waals surface area contributed by atoms with E-state index in [0.717, 1.165) is 42.3 Å². The summed E-state index contributed by atoms with van der Waals surface area (Å²) in [7, 11) is 1.41. The normalized spacial score (nSPS) is 16.4. The quantitative estimate of drug-likeness (QED) is 0.382. The Morgan fingerprint density at radius 2 is 1.89 bits per heavy atom. The molecule has 0 radical (unpaired) electrons. The summed E-state index contributed by atoms with van der Waals surface area (Å²) < 4.78 is 54.7. The van der Waals surface area contributed by atoms with Crippen LogP contribution in [-0.4, -0.2) is 47.2 Å². The van der Waals surface area contributed by atoms with Gasteiger partial charge in [0, 0.05) is 23.7 Å². The lowest BCUT2D eigenvalue weighted by atomic mass is 10.1. The first-order chi connectivity index (χ1) is 16.7. The van der Waals surface area contributed by atoms with Crippen molar-refractivity contribution in [1.29, 1.82) is 0 Å². The summed E-state index contributed by atoms with van der Waals surface area (Å²) in [5.41, 5.74) is 1.44. The molecule has 0 aliphatic carbocycles. The Hall–Kier alpha value is -2.98. The third-order valence-electron chi connectivity index (χ3n) is 5.79. The highest BCUT2D eigenvalue weighted by Gasteiger charge is 2.32. The van der Waals surface area contributed by atoms with Crippen LogP contribution in [0.3, 0.4) is 0 Å². The van der Waals surface area contributed by atoms with Crippen molar-refractivity contribution >= 4 is 17.7 Å². The Labute approximate surface area is 205 Å². The van der Waals surface area contributed by atoms with E-state index < -0.39 is 11.7 Å². The number of aryl methyl sites for hydroxylation is 1. The molecule has 1 aliphatic heterocycles. The molecule has 10 heteroatoms. The first-order valence-corrected chi connectivity index (χ1v) is 12.2. The molecule has 6 nitrogen and oxygen atoms in total. The summed E-state index contributed by atoms with van der Waals surface area (Å²) in [5.74, 6) is 2.82. The molecule has 0 N–H and O–H groups in total. The van der Waals surface area contributed by atoms with Crippen molar-refractivity contribution < 1.29 is 31.9 Å². The van der Waals surface area contributed by atoms with Crippen molar-refractivity contribution in [3.63, 3.8) is 0 Å². The summed E-state index contributed by atoms with van der Waals surface area (Å²) >= 11 is 1.73. The lowest BCUT2D eigenvalue weighted by molar-refractivity contribution is -0.145. The predicted molar refractivity (Wildman–Crippen MR) is 126 cm³/mol. The van der Waals surface area contributed by atoms with Crippen LogP contribution in [0.2, 0.25) is 0 Å². The van der Waals surface area contributed by atoms with E-state index in [9.17, 15) is 18.0 Å². The second kappa shape index (κ2) is 10.7. The first-order valence-electron chi connectivity index (χ1n) is 11.0. The van der Waals surface area contributed by atoms with Crippen molar-refractivity contribution in [2.24, 2.45) is 0 Å². The number of nitrogens with zero attached hydrogens (tertiary/aromatic N) is 2. The van der Waals surface area contributed by atoms with Crippen LogP contribution in [0.4, 0.5) is 13.2 Å². The molecule has 0 spiro atoms. The van der Waals surface area contributed by atoms with E-state index in [-0.39, 0.29) is 24.5 Å². The Bertz CT molecular complexity index is 1150. The summed E-state index contributed by atoms with van der Waals surface area (Å²) in [6.45, 7) is 2.67. The van der Waals surface area contributed by atoms with Crippen molar-refractivity contribution in [3.05, 3.63) is 71.1 Å². The molecule has 1 unspecified atom stereocenters. The smallest absolute Gasteiger partial charge is 0.416 e. The Balaban J connectivity index is 1.31. The van der Waals surface area contributed by atoms with Crippen molar-refractivity contribution in [2.45, 2.75) is 32.2 Å². The van der Waals surface area contributed by atoms with E-state index in [2.05, 4.69) is 9.88 Å². The minimum absolute atomic E-state index is 0.168. The number of thioether (sulfide) groups is 1. The fourth-order valence-corrected chi connectivity index (χ4v) is 4.93. The van der Waals surface area contributed by atoms with Crippen LogP contribution in [0.5, 0.6) is 5.75 Å². The lowest BCUT2D eigenvalue weighted by Gasteiger charge is -2.21. The number of oxazole rings is 1. The maximum Gasteiger partial charge on any atom is 0.416 e. The lowest BCUT2D eigenvalue weighted by Crippen LogP contribution is -2.39. The zero-order valence-corrected chi connectivity index (χ0v) is 20.1. The number of methoxy groups -OCH3 is 1. The van der Waals surface area contributed by atoms with Gasteiger partial charge in [0.05, 0.1) is 12.7 Å². The number of esters is 1. The van der Waals surface area contributed by atoms with Gasteiger partial charge in [-0.25, -0.2) is 4.98 Å². The number of carbonyl (C=O) groups is 1. The van der Waals surface area contributed by atoms with E-state index in [4.69, 9.17) is 13.9 Å². The number of hydrogen-bond donors (Lipinski definition) is 0. The third kappa shape index (κ3) is 6.18. The second-order valence-corrected chi connectivity index (χ2v) is 9.13. The van der Waals surface area contributed by atoms with Gasteiger partial charge in [-0.3, -0.25) is 9.69 Å². The summed E-state index contributed by atoms with van der Waals surface area (Å²) in [4.78, 5) is 18.4. The summed E-state index contributed by atoms with van der Waals surface area (Å²) in [5, 5.41) is 0. The molecule has 0 amide bonds.